The Bertz CT molecular complexity index is 1320. The summed E-state index contributed by atoms with van der Waals surface area (Å²) in [6, 6.07) is 8.05. The van der Waals surface area contributed by atoms with Crippen LogP contribution in [-0.2, 0) is 14.8 Å². The molecule has 1 saturated heterocycles. The van der Waals surface area contributed by atoms with E-state index < -0.39 is 16.1 Å². The molecule has 1 unspecified atom stereocenters. The zero-order chi connectivity index (χ0) is 26.6. The summed E-state index contributed by atoms with van der Waals surface area (Å²) in [5.74, 6) is 0.435. The van der Waals surface area contributed by atoms with Gasteiger partial charge in [-0.2, -0.15) is 4.31 Å². The van der Waals surface area contributed by atoms with Gasteiger partial charge in [-0.1, -0.05) is 49.3 Å². The third-order valence-corrected chi connectivity index (χ3v) is 11.2. The van der Waals surface area contributed by atoms with Crippen molar-refractivity contribution >= 4 is 65.6 Å². The molecule has 3 aromatic rings. The molecule has 37 heavy (non-hydrogen) atoms. The molecule has 1 aliphatic heterocycles. The summed E-state index contributed by atoms with van der Waals surface area (Å²) in [6.07, 6.45) is 1.96. The second-order valence-corrected chi connectivity index (χ2v) is 13.6. The van der Waals surface area contributed by atoms with Crippen LogP contribution in [0.4, 0.5) is 5.13 Å². The van der Waals surface area contributed by atoms with Crippen LogP contribution < -0.4 is 9.64 Å². The normalized spacial score (nSPS) is 16.9. The molecule has 0 bridgehead atoms. The Morgan fingerprint density at radius 3 is 2.59 bits per heavy atom. The van der Waals surface area contributed by atoms with Gasteiger partial charge in [0.15, 0.2) is 5.13 Å². The zero-order valence-electron chi connectivity index (χ0n) is 21.4. The maximum atomic E-state index is 14.2. The van der Waals surface area contributed by atoms with Crippen molar-refractivity contribution in [2.75, 3.05) is 44.2 Å². The monoisotopic (exact) mass is 584 g/mol. The number of hydrogen-bond donors (Lipinski definition) is 0. The Kier molecular flexibility index (Phi) is 9.47. The van der Waals surface area contributed by atoms with Crippen LogP contribution in [0.5, 0.6) is 5.75 Å². The molecule has 8 nitrogen and oxygen atoms in total. The number of fused-ring (bicyclic) bond motifs is 1. The van der Waals surface area contributed by atoms with Gasteiger partial charge >= 0.3 is 0 Å². The molecular weight excluding hydrogens is 552 g/mol. The predicted octanol–water partition coefficient (Wildman–Crippen LogP) is 5.33. The number of thiophene rings is 1. The molecule has 1 aromatic carbocycles. The summed E-state index contributed by atoms with van der Waals surface area (Å²) in [4.78, 5) is 22.9. The number of anilines is 1. The average Bonchev–Trinajstić information content (AvgIpc) is 3.54. The van der Waals surface area contributed by atoms with Crippen molar-refractivity contribution in [2.45, 2.75) is 50.3 Å². The maximum Gasteiger partial charge on any atom is 0.253 e. The number of sulfonamides is 1. The largest absolute Gasteiger partial charge is 0.492 e. The van der Waals surface area contributed by atoms with E-state index in [1.165, 1.54) is 21.7 Å². The summed E-state index contributed by atoms with van der Waals surface area (Å²) in [6.45, 7) is 9.70. The van der Waals surface area contributed by atoms with Gasteiger partial charge in [0, 0.05) is 19.6 Å². The summed E-state index contributed by atoms with van der Waals surface area (Å²) in [7, 11) is -3.86. The third-order valence-electron chi connectivity index (χ3n) is 6.55. The van der Waals surface area contributed by atoms with Crippen molar-refractivity contribution < 1.29 is 17.9 Å². The highest BCUT2D eigenvalue weighted by Crippen LogP contribution is 2.36. The highest BCUT2D eigenvalue weighted by molar-refractivity contribution is 7.91. The Balaban J connectivity index is 1.71. The lowest BCUT2D eigenvalue weighted by Crippen LogP contribution is -2.54. The molecule has 0 aliphatic carbocycles. The molecule has 1 amide bonds. The van der Waals surface area contributed by atoms with E-state index in [4.69, 9.17) is 21.3 Å². The van der Waals surface area contributed by atoms with Gasteiger partial charge in [-0.05, 0) is 57.1 Å². The molecule has 3 heterocycles. The number of piperidine rings is 1. The fourth-order valence-corrected chi connectivity index (χ4v) is 8.83. The van der Waals surface area contributed by atoms with Crippen LogP contribution in [0.3, 0.4) is 0 Å². The quantitative estimate of drug-likeness (QED) is 0.303. The Morgan fingerprint density at radius 1 is 1.14 bits per heavy atom. The van der Waals surface area contributed by atoms with Crippen molar-refractivity contribution in [1.29, 1.82) is 0 Å². The molecular formula is C25H33ClN4O4S3. The zero-order valence-corrected chi connectivity index (χ0v) is 24.6. The van der Waals surface area contributed by atoms with Crippen LogP contribution in [0.25, 0.3) is 10.2 Å². The topological polar surface area (TPSA) is 83.0 Å². The Labute approximate surface area is 231 Å². The number of nitrogens with zero attached hydrogens (tertiary/aromatic N) is 4. The lowest BCUT2D eigenvalue weighted by molar-refractivity contribution is -0.123. The number of thiazole rings is 1. The number of amides is 1. The van der Waals surface area contributed by atoms with Crippen molar-refractivity contribution in [2.24, 2.45) is 0 Å². The molecule has 202 valence electrons. The second kappa shape index (κ2) is 12.4. The lowest BCUT2D eigenvalue weighted by Gasteiger charge is -2.36. The molecule has 0 spiro atoms. The molecule has 0 radical (unpaired) electrons. The number of carbonyl (C=O) groups excluding carboxylic acids is 1. The number of ether oxygens (including phenoxy) is 1. The molecule has 12 heteroatoms. The molecule has 2 aromatic heterocycles. The van der Waals surface area contributed by atoms with Gasteiger partial charge in [0.05, 0.1) is 15.6 Å². The first-order valence-electron chi connectivity index (χ1n) is 12.6. The van der Waals surface area contributed by atoms with Gasteiger partial charge in [-0.15, -0.1) is 11.3 Å². The van der Waals surface area contributed by atoms with Crippen LogP contribution in [0.2, 0.25) is 4.34 Å². The van der Waals surface area contributed by atoms with E-state index in [2.05, 4.69) is 18.7 Å². The molecule has 4 rings (SSSR count). The van der Waals surface area contributed by atoms with Gasteiger partial charge in [0.25, 0.3) is 10.0 Å². The first-order chi connectivity index (χ1) is 17.8. The molecule has 1 atom stereocenters. The van der Waals surface area contributed by atoms with Gasteiger partial charge < -0.3 is 9.64 Å². The Hall–Kier alpha value is -1.76. The smallest absolute Gasteiger partial charge is 0.253 e. The molecule has 1 fully saturated rings. The van der Waals surface area contributed by atoms with Gasteiger partial charge in [-0.3, -0.25) is 9.69 Å². The van der Waals surface area contributed by atoms with Gasteiger partial charge in [0.2, 0.25) is 5.91 Å². The van der Waals surface area contributed by atoms with Crippen LogP contribution in [0.15, 0.2) is 34.5 Å². The number of carbonyl (C=O) groups is 1. The number of halogens is 1. The van der Waals surface area contributed by atoms with E-state index in [0.29, 0.717) is 59.8 Å². The average molecular weight is 585 g/mol. The minimum atomic E-state index is -3.86. The number of benzene rings is 1. The van der Waals surface area contributed by atoms with E-state index in [9.17, 15) is 13.2 Å². The van der Waals surface area contributed by atoms with Crippen molar-refractivity contribution in [3.05, 3.63) is 34.7 Å². The first-order valence-corrected chi connectivity index (χ1v) is 16.1. The number of hydrogen-bond acceptors (Lipinski definition) is 8. The number of aromatic nitrogens is 1. The van der Waals surface area contributed by atoms with E-state index in [1.54, 1.807) is 11.0 Å². The van der Waals surface area contributed by atoms with Crippen molar-refractivity contribution in [3.63, 3.8) is 0 Å². The summed E-state index contributed by atoms with van der Waals surface area (Å²) in [5, 5.41) is 0.557. The Morgan fingerprint density at radius 2 is 1.92 bits per heavy atom. The van der Waals surface area contributed by atoms with Crippen LogP contribution in [0.1, 0.15) is 40.0 Å². The highest BCUT2D eigenvalue weighted by Gasteiger charge is 2.41. The van der Waals surface area contributed by atoms with Gasteiger partial charge in [-0.25, -0.2) is 13.4 Å². The van der Waals surface area contributed by atoms with Crippen molar-refractivity contribution in [3.8, 4) is 5.75 Å². The first kappa shape index (κ1) is 28.3. The highest BCUT2D eigenvalue weighted by atomic mass is 35.5. The van der Waals surface area contributed by atoms with Crippen LogP contribution in [-0.4, -0.2) is 73.9 Å². The fraction of sp³-hybridized carbons (Fsp3) is 0.520. The maximum absolute atomic E-state index is 14.2. The van der Waals surface area contributed by atoms with Crippen molar-refractivity contribution in [1.82, 2.24) is 14.2 Å². The molecule has 0 N–H and O–H groups in total. The van der Waals surface area contributed by atoms with Crippen LogP contribution >= 0.6 is 34.3 Å². The van der Waals surface area contributed by atoms with E-state index >= 15 is 0 Å². The number of likely N-dealkylation sites (N-methyl/N-ethyl adjacent to an activating group) is 1. The second-order valence-electron chi connectivity index (χ2n) is 8.73. The minimum absolute atomic E-state index is 0.160. The summed E-state index contributed by atoms with van der Waals surface area (Å²) in [5.41, 5.74) is 0.714. The fourth-order valence-electron chi connectivity index (χ4n) is 4.55. The molecule has 1 aliphatic rings. The third kappa shape index (κ3) is 6.12. The number of para-hydroxylation sites is 1. The van der Waals surface area contributed by atoms with Crippen LogP contribution in [0, 0.1) is 0 Å². The predicted molar refractivity (Wildman–Crippen MR) is 152 cm³/mol. The molecule has 0 saturated carbocycles. The van der Waals surface area contributed by atoms with E-state index in [-0.39, 0.29) is 10.1 Å². The standard InChI is InChI=1S/C25H33ClN4O4S3/c1-4-28(5-2)16-17-29(25-27-23-19(34-6-3)11-9-12-20(23)35-25)24(31)18-10-7-8-15-30(18)37(32,33)22-14-13-21(26)36-22/h9,11-14,18H,4-8,10,15-17H2,1-3H3. The van der Waals surface area contributed by atoms with Gasteiger partial charge in [0.1, 0.15) is 21.5 Å². The minimum Gasteiger partial charge on any atom is -0.492 e. The SMILES string of the molecule is CCOc1cccc2sc(N(CCN(CC)CC)C(=O)C3CCCCN3S(=O)(=O)c3ccc(Cl)s3)nc12. The lowest BCUT2D eigenvalue weighted by atomic mass is 10.0. The number of rotatable bonds is 11. The van der Waals surface area contributed by atoms with E-state index in [0.717, 1.165) is 35.5 Å². The summed E-state index contributed by atoms with van der Waals surface area (Å²) < 4.78 is 35.7. The summed E-state index contributed by atoms with van der Waals surface area (Å²) >= 11 is 8.49. The van der Waals surface area contributed by atoms with E-state index in [1.807, 2.05) is 25.1 Å².